The molecule has 28 heavy (non-hydrogen) atoms. The van der Waals surface area contributed by atoms with Gasteiger partial charge in [0.2, 0.25) is 0 Å². The Bertz CT molecular complexity index is 828. The highest BCUT2D eigenvalue weighted by molar-refractivity contribution is 8.00. The molecule has 2 aliphatic rings. The van der Waals surface area contributed by atoms with Crippen LogP contribution in [-0.4, -0.2) is 62.8 Å². The molecule has 1 saturated heterocycles. The lowest BCUT2D eigenvalue weighted by molar-refractivity contribution is -0.228. The van der Waals surface area contributed by atoms with E-state index in [-0.39, 0.29) is 11.1 Å². The molecule has 0 bridgehead atoms. The largest absolute Gasteiger partial charge is 0.394 e. The van der Waals surface area contributed by atoms with Crippen molar-refractivity contribution in [3.63, 3.8) is 0 Å². The monoisotopic (exact) mass is 406 g/mol. The number of hydrogen-bond donors (Lipinski definition) is 4. The maximum absolute atomic E-state index is 13.2. The Kier molecular flexibility index (Phi) is 5.73. The quantitative estimate of drug-likeness (QED) is 0.612. The summed E-state index contributed by atoms with van der Waals surface area (Å²) in [6, 6.07) is 12.5. The zero-order valence-corrected chi connectivity index (χ0v) is 15.9. The molecule has 150 valence electrons. The van der Waals surface area contributed by atoms with Crippen molar-refractivity contribution in [2.24, 2.45) is 0 Å². The third kappa shape index (κ3) is 3.70. The number of ether oxygens (including phenoxy) is 1. The zero-order valence-electron chi connectivity index (χ0n) is 15.1. The second-order valence-electron chi connectivity index (χ2n) is 7.36. The Morgan fingerprint density at radius 3 is 2.46 bits per heavy atom. The Morgan fingerprint density at radius 1 is 1.00 bits per heavy atom. The molecule has 0 radical (unpaired) electrons. The molecule has 0 aliphatic carbocycles. The van der Waals surface area contributed by atoms with E-state index in [0.29, 0.717) is 12.8 Å². The first-order valence-electron chi connectivity index (χ1n) is 9.30. The predicted molar refractivity (Wildman–Crippen MR) is 103 cm³/mol. The van der Waals surface area contributed by atoms with Gasteiger partial charge in [-0.1, -0.05) is 30.3 Å². The molecule has 4 rings (SSSR count). The van der Waals surface area contributed by atoms with Crippen molar-refractivity contribution in [1.29, 1.82) is 0 Å². The topological polar surface area (TPSA) is 90.2 Å². The summed E-state index contributed by atoms with van der Waals surface area (Å²) < 4.78 is 18.9. The van der Waals surface area contributed by atoms with Gasteiger partial charge in [0.15, 0.2) is 0 Å². The molecule has 0 spiro atoms. The smallest absolute Gasteiger partial charge is 0.123 e. The van der Waals surface area contributed by atoms with Gasteiger partial charge in [-0.05, 0) is 41.7 Å². The SMILES string of the molecule is OC[C@H]1O[C@@H](C2Cc3cccc(Cc4ccc(F)cc4)c3S2)[C@H](O)[C@@H](O)[C@@H]1O. The zero-order chi connectivity index (χ0) is 19.8. The minimum Gasteiger partial charge on any atom is -0.394 e. The molecule has 2 heterocycles. The molecule has 6 atom stereocenters. The number of aliphatic hydroxyl groups is 4. The van der Waals surface area contributed by atoms with Gasteiger partial charge in [0.05, 0.1) is 12.7 Å². The van der Waals surface area contributed by atoms with Gasteiger partial charge >= 0.3 is 0 Å². The van der Waals surface area contributed by atoms with E-state index in [9.17, 15) is 24.8 Å². The molecular weight excluding hydrogens is 383 g/mol. The van der Waals surface area contributed by atoms with Crippen molar-refractivity contribution in [1.82, 2.24) is 0 Å². The Labute approximate surface area is 166 Å². The van der Waals surface area contributed by atoms with Crippen molar-refractivity contribution in [3.05, 3.63) is 65.0 Å². The Balaban J connectivity index is 1.54. The molecule has 0 amide bonds. The Hall–Kier alpha value is -1.48. The van der Waals surface area contributed by atoms with E-state index in [1.54, 1.807) is 23.9 Å². The molecule has 1 fully saturated rings. The summed E-state index contributed by atoms with van der Waals surface area (Å²) in [6.45, 7) is -0.429. The van der Waals surface area contributed by atoms with Gasteiger partial charge in [0.1, 0.15) is 30.2 Å². The van der Waals surface area contributed by atoms with Crippen LogP contribution in [0.5, 0.6) is 0 Å². The fourth-order valence-corrected chi connectivity index (χ4v) is 5.46. The lowest BCUT2D eigenvalue weighted by Crippen LogP contribution is -2.60. The van der Waals surface area contributed by atoms with Crippen LogP contribution in [0.2, 0.25) is 0 Å². The van der Waals surface area contributed by atoms with Crippen LogP contribution in [0.4, 0.5) is 4.39 Å². The maximum Gasteiger partial charge on any atom is 0.123 e. The summed E-state index contributed by atoms with van der Waals surface area (Å²) in [5, 5.41) is 39.8. The van der Waals surface area contributed by atoms with Crippen LogP contribution in [0, 0.1) is 5.82 Å². The van der Waals surface area contributed by atoms with Crippen molar-refractivity contribution in [2.75, 3.05) is 6.61 Å². The van der Waals surface area contributed by atoms with Gasteiger partial charge < -0.3 is 25.2 Å². The van der Waals surface area contributed by atoms with Gasteiger partial charge in [-0.15, -0.1) is 11.8 Å². The molecule has 0 saturated carbocycles. The van der Waals surface area contributed by atoms with E-state index >= 15 is 0 Å². The standard InChI is InChI=1S/C21H23FO5S/c22-14-6-4-11(5-7-14)8-12-2-1-3-13-9-16(28-21(12)13)20-19(26)18(25)17(24)15(10-23)27-20/h1-7,15-20,23-26H,8-10H2/t15-,16?,17-,18+,19-,20+/m1/s1. The van der Waals surface area contributed by atoms with Gasteiger partial charge in [-0.3, -0.25) is 0 Å². The third-order valence-electron chi connectivity index (χ3n) is 5.47. The number of thioether (sulfide) groups is 1. The normalized spacial score (nSPS) is 32.3. The third-order valence-corrected chi connectivity index (χ3v) is 6.97. The highest BCUT2D eigenvalue weighted by atomic mass is 32.2. The number of benzene rings is 2. The summed E-state index contributed by atoms with van der Waals surface area (Å²) >= 11 is 1.58. The van der Waals surface area contributed by atoms with E-state index < -0.39 is 37.1 Å². The molecule has 1 unspecified atom stereocenters. The number of aliphatic hydroxyl groups excluding tert-OH is 4. The second-order valence-corrected chi connectivity index (χ2v) is 8.61. The van der Waals surface area contributed by atoms with Crippen molar-refractivity contribution >= 4 is 11.8 Å². The predicted octanol–water partition coefficient (Wildman–Crippen LogP) is 1.28. The van der Waals surface area contributed by atoms with E-state index in [1.165, 1.54) is 12.1 Å². The van der Waals surface area contributed by atoms with Crippen LogP contribution in [-0.2, 0) is 17.6 Å². The number of halogens is 1. The minimum atomic E-state index is -1.36. The second kappa shape index (κ2) is 8.10. The molecule has 2 aliphatic heterocycles. The van der Waals surface area contributed by atoms with E-state index in [0.717, 1.165) is 21.6 Å². The fourth-order valence-electron chi connectivity index (χ4n) is 3.94. The van der Waals surface area contributed by atoms with Crippen LogP contribution in [0.25, 0.3) is 0 Å². The summed E-state index contributed by atoms with van der Waals surface area (Å²) in [5.41, 5.74) is 3.25. The first kappa shape index (κ1) is 19.8. The molecule has 7 heteroatoms. The number of fused-ring (bicyclic) bond motifs is 1. The fraction of sp³-hybridized carbons (Fsp3) is 0.429. The van der Waals surface area contributed by atoms with E-state index in [2.05, 4.69) is 0 Å². The summed E-state index contributed by atoms with van der Waals surface area (Å²) in [6.07, 6.45) is -4.22. The minimum absolute atomic E-state index is 0.143. The van der Waals surface area contributed by atoms with E-state index in [1.807, 2.05) is 18.2 Å². The maximum atomic E-state index is 13.2. The number of rotatable bonds is 4. The van der Waals surface area contributed by atoms with Crippen molar-refractivity contribution < 1.29 is 29.6 Å². The lowest BCUT2D eigenvalue weighted by atomic mass is 9.91. The molecule has 4 N–H and O–H groups in total. The lowest BCUT2D eigenvalue weighted by Gasteiger charge is -2.42. The van der Waals surface area contributed by atoms with Crippen LogP contribution in [0.3, 0.4) is 0 Å². The summed E-state index contributed by atoms with van der Waals surface area (Å²) in [5.74, 6) is -0.265. The van der Waals surface area contributed by atoms with Crippen molar-refractivity contribution in [2.45, 2.75) is 53.5 Å². The van der Waals surface area contributed by atoms with Gasteiger partial charge in [-0.25, -0.2) is 4.39 Å². The summed E-state index contributed by atoms with van der Waals surface area (Å²) in [4.78, 5) is 1.11. The van der Waals surface area contributed by atoms with Gasteiger partial charge in [0.25, 0.3) is 0 Å². The van der Waals surface area contributed by atoms with Crippen LogP contribution < -0.4 is 0 Å². The van der Waals surface area contributed by atoms with Crippen molar-refractivity contribution in [3.8, 4) is 0 Å². The first-order chi connectivity index (χ1) is 13.5. The molecule has 0 aromatic heterocycles. The first-order valence-corrected chi connectivity index (χ1v) is 10.2. The Morgan fingerprint density at radius 2 is 1.75 bits per heavy atom. The van der Waals surface area contributed by atoms with Crippen LogP contribution >= 0.6 is 11.8 Å². The average molecular weight is 406 g/mol. The van der Waals surface area contributed by atoms with Crippen LogP contribution in [0.1, 0.15) is 16.7 Å². The molecular formula is C21H23FO5S. The van der Waals surface area contributed by atoms with Gasteiger partial charge in [0, 0.05) is 10.1 Å². The van der Waals surface area contributed by atoms with Gasteiger partial charge in [-0.2, -0.15) is 0 Å². The van der Waals surface area contributed by atoms with E-state index in [4.69, 9.17) is 4.74 Å². The highest BCUT2D eigenvalue weighted by Crippen LogP contribution is 2.44. The summed E-state index contributed by atoms with van der Waals surface area (Å²) in [7, 11) is 0. The van der Waals surface area contributed by atoms with Crippen LogP contribution in [0.15, 0.2) is 47.4 Å². The molecule has 5 nitrogen and oxygen atoms in total. The highest BCUT2D eigenvalue weighted by Gasteiger charge is 2.47. The average Bonchev–Trinajstić information content (AvgIpc) is 3.13. The molecule has 2 aromatic rings. The molecule has 2 aromatic carbocycles. The number of hydrogen-bond acceptors (Lipinski definition) is 6.